The molecule has 2 amide bonds. The van der Waals surface area contributed by atoms with E-state index in [1.54, 1.807) is 6.07 Å². The molecule has 0 unspecified atom stereocenters. The molecule has 0 radical (unpaired) electrons. The van der Waals surface area contributed by atoms with E-state index >= 15 is 0 Å². The van der Waals surface area contributed by atoms with E-state index in [0.717, 1.165) is 28.0 Å². The Balaban J connectivity index is 1.51. The van der Waals surface area contributed by atoms with E-state index in [2.05, 4.69) is 10.6 Å². The van der Waals surface area contributed by atoms with Gasteiger partial charge < -0.3 is 19.9 Å². The van der Waals surface area contributed by atoms with Crippen LogP contribution in [0.1, 0.15) is 31.9 Å². The lowest BCUT2D eigenvalue weighted by atomic mass is 10.0. The van der Waals surface area contributed by atoms with Crippen molar-refractivity contribution in [2.75, 3.05) is 18.5 Å². The highest BCUT2D eigenvalue weighted by atomic mass is 16.6. The van der Waals surface area contributed by atoms with Crippen molar-refractivity contribution >= 4 is 23.9 Å². The fourth-order valence-electron chi connectivity index (χ4n) is 3.46. The van der Waals surface area contributed by atoms with Crippen molar-refractivity contribution in [3.8, 4) is 16.9 Å². The van der Waals surface area contributed by atoms with E-state index < -0.39 is 17.8 Å². The third-order valence-electron chi connectivity index (χ3n) is 5.03. The van der Waals surface area contributed by atoms with Crippen molar-refractivity contribution < 1.29 is 24.2 Å². The molecule has 3 aromatic rings. The van der Waals surface area contributed by atoms with E-state index in [0.29, 0.717) is 25.3 Å². The van der Waals surface area contributed by atoms with Crippen LogP contribution in [0.5, 0.6) is 5.75 Å². The Bertz CT molecular complexity index is 1180. The van der Waals surface area contributed by atoms with Gasteiger partial charge in [-0.05, 0) is 68.2 Å². The average Bonchev–Trinajstić information content (AvgIpc) is 2.82. The third kappa shape index (κ3) is 8.83. The van der Waals surface area contributed by atoms with Crippen LogP contribution in [-0.4, -0.2) is 36.0 Å². The van der Waals surface area contributed by atoms with Gasteiger partial charge in [0.05, 0.1) is 5.69 Å². The summed E-state index contributed by atoms with van der Waals surface area (Å²) in [4.78, 5) is 23.0. The zero-order valence-corrected chi connectivity index (χ0v) is 20.8. The van der Waals surface area contributed by atoms with Crippen LogP contribution in [0.3, 0.4) is 0 Å². The quantitative estimate of drug-likeness (QED) is 0.315. The predicted molar refractivity (Wildman–Crippen MR) is 142 cm³/mol. The second-order valence-corrected chi connectivity index (χ2v) is 9.14. The van der Waals surface area contributed by atoms with E-state index in [-0.39, 0.29) is 0 Å². The van der Waals surface area contributed by atoms with E-state index in [4.69, 9.17) is 9.47 Å². The molecular weight excluding hydrogens is 456 g/mol. The Morgan fingerprint density at radius 1 is 0.972 bits per heavy atom. The number of anilines is 1. The Labute approximate surface area is 211 Å². The number of hydrogen-bond acceptors (Lipinski definition) is 4. The summed E-state index contributed by atoms with van der Waals surface area (Å²) in [6, 6.07) is 23.0. The number of ether oxygens (including phenoxy) is 2. The number of carboxylic acid groups (broad SMARTS) is 1. The van der Waals surface area contributed by atoms with Crippen molar-refractivity contribution in [1.29, 1.82) is 0 Å². The van der Waals surface area contributed by atoms with Crippen molar-refractivity contribution in [2.45, 2.75) is 32.8 Å². The van der Waals surface area contributed by atoms with Crippen molar-refractivity contribution in [3.05, 3.63) is 90.0 Å². The van der Waals surface area contributed by atoms with Gasteiger partial charge in [0.25, 0.3) is 0 Å². The van der Waals surface area contributed by atoms with Gasteiger partial charge in [-0.25, -0.2) is 9.59 Å². The molecule has 3 aromatic carbocycles. The summed E-state index contributed by atoms with van der Waals surface area (Å²) >= 11 is 0. The normalized spacial score (nSPS) is 11.2. The van der Waals surface area contributed by atoms with Crippen molar-refractivity contribution in [2.24, 2.45) is 0 Å². The van der Waals surface area contributed by atoms with Crippen LogP contribution >= 0.6 is 0 Å². The Morgan fingerprint density at radius 3 is 2.36 bits per heavy atom. The summed E-state index contributed by atoms with van der Waals surface area (Å²) in [5.74, 6) is 0.733. The second kappa shape index (κ2) is 12.4. The molecule has 0 aliphatic heterocycles. The lowest BCUT2D eigenvalue weighted by Crippen LogP contribution is -2.33. The maximum absolute atomic E-state index is 11.7. The van der Waals surface area contributed by atoms with Gasteiger partial charge in [-0.15, -0.1) is 0 Å². The van der Waals surface area contributed by atoms with E-state index in [1.807, 2.05) is 99.7 Å². The van der Waals surface area contributed by atoms with E-state index in [9.17, 15) is 14.7 Å². The van der Waals surface area contributed by atoms with Gasteiger partial charge in [0, 0.05) is 12.1 Å². The summed E-state index contributed by atoms with van der Waals surface area (Å²) in [5, 5.41) is 14.5. The lowest BCUT2D eigenvalue weighted by Gasteiger charge is -2.19. The molecule has 0 aliphatic carbocycles. The van der Waals surface area contributed by atoms with Crippen LogP contribution in [0.15, 0.2) is 78.9 Å². The first-order valence-corrected chi connectivity index (χ1v) is 11.7. The van der Waals surface area contributed by atoms with Crippen molar-refractivity contribution in [3.63, 3.8) is 0 Å². The van der Waals surface area contributed by atoms with Crippen LogP contribution in [0.25, 0.3) is 17.2 Å². The number of rotatable bonds is 9. The third-order valence-corrected chi connectivity index (χ3v) is 5.03. The average molecular weight is 489 g/mol. The number of benzene rings is 3. The summed E-state index contributed by atoms with van der Waals surface area (Å²) in [6.07, 6.45) is 2.92. The van der Waals surface area contributed by atoms with Crippen molar-refractivity contribution in [1.82, 2.24) is 5.32 Å². The predicted octanol–water partition coefficient (Wildman–Crippen LogP) is 6.60. The number of nitrogens with one attached hydrogen (secondary N) is 2. The van der Waals surface area contributed by atoms with Gasteiger partial charge in [-0.2, -0.15) is 0 Å². The van der Waals surface area contributed by atoms with Gasteiger partial charge in [0.15, 0.2) is 0 Å². The summed E-state index contributed by atoms with van der Waals surface area (Å²) < 4.78 is 11.0. The highest BCUT2D eigenvalue weighted by molar-refractivity contribution is 5.91. The molecule has 7 heteroatoms. The number of hydrogen-bond donors (Lipinski definition) is 3. The number of alkyl carbamates (subject to hydrolysis) is 1. The lowest BCUT2D eigenvalue weighted by molar-refractivity contribution is 0.0528. The standard InChI is InChI=1S/C29H32N2O5/c1-29(2,3)36-28(34)30-18-17-21-11-14-24(15-12-21)35-19-7-8-22-13-16-25(23-9-5-4-6-10-23)26(20-22)31-27(32)33/h4-16,20,31H,17-19H2,1-3H3,(H,30,34)(H,32,33)/b8-7+. The minimum atomic E-state index is -1.11. The molecule has 0 heterocycles. The molecule has 0 spiro atoms. The highest BCUT2D eigenvalue weighted by Gasteiger charge is 2.15. The largest absolute Gasteiger partial charge is 0.490 e. The molecule has 0 aliphatic rings. The Kier molecular flexibility index (Phi) is 9.11. The molecule has 3 N–H and O–H groups in total. The molecule has 0 atom stereocenters. The summed E-state index contributed by atoms with van der Waals surface area (Å²) in [7, 11) is 0. The maximum Gasteiger partial charge on any atom is 0.409 e. The minimum absolute atomic E-state index is 0.363. The van der Waals surface area contributed by atoms with Crippen LogP contribution in [0, 0.1) is 0 Å². The molecule has 0 bridgehead atoms. The molecule has 7 nitrogen and oxygen atoms in total. The Morgan fingerprint density at radius 2 is 1.69 bits per heavy atom. The summed E-state index contributed by atoms with van der Waals surface area (Å²) in [5.41, 5.74) is 3.69. The van der Waals surface area contributed by atoms with E-state index in [1.165, 1.54) is 0 Å². The van der Waals surface area contributed by atoms with Gasteiger partial charge >= 0.3 is 12.2 Å². The molecule has 36 heavy (non-hydrogen) atoms. The van der Waals surface area contributed by atoms with Crippen LogP contribution in [0.4, 0.5) is 15.3 Å². The zero-order valence-electron chi connectivity index (χ0n) is 20.8. The fraction of sp³-hybridized carbons (Fsp3) is 0.241. The van der Waals surface area contributed by atoms with Crippen LogP contribution in [-0.2, 0) is 11.2 Å². The number of carbonyl (C=O) groups excluding carboxylic acids is 1. The maximum atomic E-state index is 11.7. The first kappa shape index (κ1) is 26.3. The molecular formula is C29H32N2O5. The molecule has 188 valence electrons. The first-order valence-electron chi connectivity index (χ1n) is 11.7. The highest BCUT2D eigenvalue weighted by Crippen LogP contribution is 2.29. The molecule has 0 saturated heterocycles. The second-order valence-electron chi connectivity index (χ2n) is 9.14. The zero-order chi connectivity index (χ0) is 26.0. The van der Waals surface area contributed by atoms with Crippen LogP contribution < -0.4 is 15.4 Å². The topological polar surface area (TPSA) is 96.9 Å². The van der Waals surface area contributed by atoms with Gasteiger partial charge in [0.1, 0.15) is 18.0 Å². The van der Waals surface area contributed by atoms with Gasteiger partial charge in [0.2, 0.25) is 0 Å². The summed E-state index contributed by atoms with van der Waals surface area (Å²) in [6.45, 7) is 6.34. The minimum Gasteiger partial charge on any atom is -0.490 e. The first-order chi connectivity index (χ1) is 17.2. The van der Waals surface area contributed by atoms with Gasteiger partial charge in [-0.3, -0.25) is 5.32 Å². The van der Waals surface area contributed by atoms with Gasteiger partial charge in [-0.1, -0.05) is 60.7 Å². The molecule has 3 rings (SSSR count). The SMILES string of the molecule is CC(C)(C)OC(=O)NCCc1ccc(OC/C=C/c2ccc(-c3ccccc3)c(NC(=O)O)c2)cc1. The van der Waals surface area contributed by atoms with Crippen LogP contribution in [0.2, 0.25) is 0 Å². The smallest absolute Gasteiger partial charge is 0.409 e. The Hall–Kier alpha value is -4.26. The monoisotopic (exact) mass is 488 g/mol. The molecule has 0 saturated carbocycles. The number of amides is 2. The molecule has 0 aromatic heterocycles. The number of carbonyl (C=O) groups is 2. The fourth-order valence-corrected chi connectivity index (χ4v) is 3.46. The molecule has 0 fully saturated rings.